The molecule has 0 aromatic heterocycles. The fraction of sp³-hybridized carbons (Fsp3) is 0.500. The standard InChI is InChI=1S/C24H35O2P/c1-9-24(8,27-21-11-10-15(2)12-18(21)17(4)25)20-14-16(3)13-19(22(20)26)23(5,6)7/h10-14,17,25-27H,9H2,1-8H3. The monoisotopic (exact) mass is 386 g/mol. The van der Waals surface area contributed by atoms with Crippen molar-refractivity contribution in [1.82, 2.24) is 0 Å². The van der Waals surface area contributed by atoms with E-state index in [4.69, 9.17) is 0 Å². The van der Waals surface area contributed by atoms with Gasteiger partial charge in [0.05, 0.1) is 6.10 Å². The molecule has 0 radical (unpaired) electrons. The third-order valence-corrected chi connectivity index (χ3v) is 7.33. The number of aliphatic hydroxyl groups is 1. The Bertz CT molecular complexity index is 818. The Morgan fingerprint density at radius 3 is 2.07 bits per heavy atom. The van der Waals surface area contributed by atoms with E-state index in [2.05, 4.69) is 78.8 Å². The summed E-state index contributed by atoms with van der Waals surface area (Å²) in [4.78, 5) is 0. The van der Waals surface area contributed by atoms with E-state index in [0.717, 1.165) is 28.7 Å². The van der Waals surface area contributed by atoms with Crippen LogP contribution < -0.4 is 5.30 Å². The Morgan fingerprint density at radius 1 is 0.963 bits per heavy atom. The average Bonchev–Trinajstić information content (AvgIpc) is 2.56. The summed E-state index contributed by atoms with van der Waals surface area (Å²) >= 11 is 0. The number of aromatic hydroxyl groups is 1. The van der Waals surface area contributed by atoms with E-state index in [-0.39, 0.29) is 10.6 Å². The van der Waals surface area contributed by atoms with Crippen molar-refractivity contribution < 1.29 is 10.2 Å². The van der Waals surface area contributed by atoms with E-state index < -0.39 is 6.10 Å². The van der Waals surface area contributed by atoms with Crippen LogP contribution in [0.25, 0.3) is 0 Å². The molecule has 0 aliphatic carbocycles. The highest BCUT2D eigenvalue weighted by molar-refractivity contribution is 7.48. The number of benzene rings is 2. The quantitative estimate of drug-likeness (QED) is 0.620. The van der Waals surface area contributed by atoms with Gasteiger partial charge in [-0.2, -0.15) is 0 Å². The van der Waals surface area contributed by atoms with Gasteiger partial charge in [-0.15, -0.1) is 0 Å². The Kier molecular flexibility index (Phi) is 6.44. The first-order valence-corrected chi connectivity index (χ1v) is 10.8. The van der Waals surface area contributed by atoms with Crippen molar-refractivity contribution in [1.29, 1.82) is 0 Å². The van der Waals surface area contributed by atoms with Crippen LogP contribution in [0.5, 0.6) is 5.75 Å². The van der Waals surface area contributed by atoms with Crippen LogP contribution in [0, 0.1) is 13.8 Å². The number of aryl methyl sites for hydroxylation is 2. The zero-order valence-electron chi connectivity index (χ0n) is 18.1. The average molecular weight is 387 g/mol. The molecule has 2 N–H and O–H groups in total. The summed E-state index contributed by atoms with van der Waals surface area (Å²) in [6.07, 6.45) is 0.420. The highest BCUT2D eigenvalue weighted by atomic mass is 31.1. The van der Waals surface area contributed by atoms with Gasteiger partial charge in [0.2, 0.25) is 0 Å². The highest BCUT2D eigenvalue weighted by Crippen LogP contribution is 2.50. The molecule has 0 fully saturated rings. The van der Waals surface area contributed by atoms with E-state index in [1.165, 1.54) is 10.9 Å². The van der Waals surface area contributed by atoms with Crippen molar-refractivity contribution in [3.63, 3.8) is 0 Å². The maximum Gasteiger partial charge on any atom is 0.123 e. The molecule has 3 heteroatoms. The van der Waals surface area contributed by atoms with E-state index in [0.29, 0.717) is 14.3 Å². The van der Waals surface area contributed by atoms with Gasteiger partial charge < -0.3 is 10.2 Å². The molecule has 148 valence electrons. The van der Waals surface area contributed by atoms with Crippen molar-refractivity contribution in [2.24, 2.45) is 0 Å². The second-order valence-electron chi connectivity index (χ2n) is 9.04. The SMILES string of the molecule is CCC(C)(Pc1ccc(C)cc1C(C)O)c1cc(C)cc(C(C)(C)C)c1O. The third kappa shape index (κ3) is 4.73. The summed E-state index contributed by atoms with van der Waals surface area (Å²) in [5, 5.41) is 22.4. The number of aliphatic hydroxyl groups excluding tert-OH is 1. The van der Waals surface area contributed by atoms with Gasteiger partial charge in [-0.1, -0.05) is 84.7 Å². The normalized spacial score (nSPS) is 15.9. The molecule has 0 amide bonds. The van der Waals surface area contributed by atoms with E-state index in [1.54, 1.807) is 0 Å². The lowest BCUT2D eigenvalue weighted by Crippen LogP contribution is -2.23. The van der Waals surface area contributed by atoms with Gasteiger partial charge in [-0.3, -0.25) is 0 Å². The van der Waals surface area contributed by atoms with Gasteiger partial charge in [0, 0.05) is 10.7 Å². The molecule has 2 rings (SSSR count). The van der Waals surface area contributed by atoms with Gasteiger partial charge in [0.1, 0.15) is 5.75 Å². The molecule has 0 saturated heterocycles. The van der Waals surface area contributed by atoms with E-state index in [9.17, 15) is 10.2 Å². The molecule has 0 bridgehead atoms. The minimum atomic E-state index is -0.496. The molecular formula is C24H35O2P. The second kappa shape index (κ2) is 7.94. The zero-order chi connectivity index (χ0) is 20.6. The first-order valence-electron chi connectivity index (χ1n) is 9.80. The van der Waals surface area contributed by atoms with E-state index in [1.807, 2.05) is 6.92 Å². The predicted molar refractivity (Wildman–Crippen MR) is 119 cm³/mol. The smallest absolute Gasteiger partial charge is 0.123 e. The zero-order valence-corrected chi connectivity index (χ0v) is 19.1. The van der Waals surface area contributed by atoms with Crippen LogP contribution in [0.15, 0.2) is 30.3 Å². The van der Waals surface area contributed by atoms with Gasteiger partial charge in [0.25, 0.3) is 0 Å². The summed E-state index contributed by atoms with van der Waals surface area (Å²) in [6.45, 7) is 16.8. The molecule has 0 heterocycles. The lowest BCUT2D eigenvalue weighted by molar-refractivity contribution is 0.200. The minimum Gasteiger partial charge on any atom is -0.507 e. The molecule has 2 nitrogen and oxygen atoms in total. The Labute approximate surface area is 166 Å². The van der Waals surface area contributed by atoms with Crippen LogP contribution in [-0.4, -0.2) is 10.2 Å². The molecule has 2 aromatic carbocycles. The summed E-state index contributed by atoms with van der Waals surface area (Å²) in [7, 11) is 0.466. The van der Waals surface area contributed by atoms with Crippen molar-refractivity contribution in [2.45, 2.75) is 78.5 Å². The molecule has 3 unspecified atom stereocenters. The second-order valence-corrected chi connectivity index (χ2v) is 10.9. The topological polar surface area (TPSA) is 40.5 Å². The largest absolute Gasteiger partial charge is 0.507 e. The summed E-state index contributed by atoms with van der Waals surface area (Å²) in [5.74, 6) is 0.427. The lowest BCUT2D eigenvalue weighted by atomic mass is 9.82. The first kappa shape index (κ1) is 21.9. The predicted octanol–water partition coefficient (Wildman–Crippen LogP) is 5.99. The van der Waals surface area contributed by atoms with Gasteiger partial charge in [0.15, 0.2) is 0 Å². The number of hydrogen-bond acceptors (Lipinski definition) is 2. The number of phenolic OH excluding ortho intramolecular Hbond substituents is 1. The maximum atomic E-state index is 11.2. The van der Waals surface area contributed by atoms with Gasteiger partial charge >= 0.3 is 0 Å². The molecule has 0 aliphatic heterocycles. The van der Waals surface area contributed by atoms with Gasteiger partial charge in [-0.25, -0.2) is 0 Å². The van der Waals surface area contributed by atoms with Crippen LogP contribution in [0.2, 0.25) is 0 Å². The summed E-state index contributed by atoms with van der Waals surface area (Å²) < 4.78 is 0. The summed E-state index contributed by atoms with van der Waals surface area (Å²) in [6, 6.07) is 10.6. The first-order chi connectivity index (χ1) is 12.4. The van der Waals surface area contributed by atoms with Crippen LogP contribution in [0.4, 0.5) is 0 Å². The molecule has 0 saturated carbocycles. The van der Waals surface area contributed by atoms with Gasteiger partial charge in [-0.05, 0) is 49.0 Å². The highest BCUT2D eigenvalue weighted by Gasteiger charge is 2.32. The van der Waals surface area contributed by atoms with Crippen LogP contribution >= 0.6 is 8.58 Å². The van der Waals surface area contributed by atoms with Crippen molar-refractivity contribution in [3.8, 4) is 5.75 Å². The Morgan fingerprint density at radius 2 is 1.56 bits per heavy atom. The molecule has 0 aliphatic rings. The van der Waals surface area contributed by atoms with Crippen molar-refractivity contribution >= 4 is 13.9 Å². The lowest BCUT2D eigenvalue weighted by Gasteiger charge is -2.34. The van der Waals surface area contributed by atoms with E-state index >= 15 is 0 Å². The summed E-state index contributed by atoms with van der Waals surface area (Å²) in [5.41, 5.74) is 5.24. The fourth-order valence-electron chi connectivity index (χ4n) is 3.56. The number of rotatable bonds is 5. The fourth-order valence-corrected chi connectivity index (χ4v) is 5.24. The van der Waals surface area contributed by atoms with Crippen LogP contribution in [0.1, 0.15) is 81.9 Å². The number of hydrogen-bond donors (Lipinski definition) is 2. The van der Waals surface area contributed by atoms with Crippen LogP contribution in [-0.2, 0) is 10.6 Å². The van der Waals surface area contributed by atoms with Crippen molar-refractivity contribution in [2.75, 3.05) is 0 Å². The molecule has 2 aromatic rings. The minimum absolute atomic E-state index is 0.114. The molecular weight excluding hydrogens is 351 g/mol. The third-order valence-electron chi connectivity index (χ3n) is 5.43. The molecule has 27 heavy (non-hydrogen) atoms. The van der Waals surface area contributed by atoms with Crippen molar-refractivity contribution in [3.05, 3.63) is 58.1 Å². The Hall–Kier alpha value is -1.37. The molecule has 0 spiro atoms. The van der Waals surface area contributed by atoms with Crippen LogP contribution in [0.3, 0.4) is 0 Å². The molecule has 3 atom stereocenters. The Balaban J connectivity index is 2.61. The maximum absolute atomic E-state index is 11.2. The number of phenols is 1.